The molecule has 0 aromatic heterocycles. The molecule has 0 aliphatic heterocycles. The van der Waals surface area contributed by atoms with Crippen LogP contribution in [0.4, 0.5) is 0 Å². The summed E-state index contributed by atoms with van der Waals surface area (Å²) in [7, 11) is 0. The zero-order valence-corrected chi connectivity index (χ0v) is 12.9. The Hall–Kier alpha value is -1.56. The average molecular weight is 266 g/mol. The van der Waals surface area contributed by atoms with E-state index in [1.165, 1.54) is 60.8 Å². The van der Waals surface area contributed by atoms with Crippen LogP contribution >= 0.6 is 0 Å². The molecular weight excluding hydrogens is 240 g/mol. The molecule has 2 rings (SSSR count). The lowest BCUT2D eigenvalue weighted by molar-refractivity contribution is 0.640. The van der Waals surface area contributed by atoms with E-state index in [4.69, 9.17) is 0 Å². The molecule has 0 spiro atoms. The van der Waals surface area contributed by atoms with Gasteiger partial charge in [0.15, 0.2) is 0 Å². The molecule has 0 nitrogen and oxygen atoms in total. The van der Waals surface area contributed by atoms with Gasteiger partial charge in [0, 0.05) is 0 Å². The van der Waals surface area contributed by atoms with Crippen LogP contribution in [-0.4, -0.2) is 0 Å². The minimum Gasteiger partial charge on any atom is -0.0617 e. The van der Waals surface area contributed by atoms with Crippen molar-refractivity contribution in [3.05, 3.63) is 70.8 Å². The molecule has 0 heteroatoms. The molecule has 0 saturated heterocycles. The van der Waals surface area contributed by atoms with Crippen LogP contribution in [0.1, 0.15) is 47.9 Å². The van der Waals surface area contributed by atoms with Crippen molar-refractivity contribution in [2.45, 2.75) is 52.4 Å². The Morgan fingerprint density at radius 3 is 1.45 bits per heavy atom. The minimum absolute atomic E-state index is 1.23. The fourth-order valence-electron chi connectivity index (χ4n) is 2.75. The summed E-state index contributed by atoms with van der Waals surface area (Å²) in [6, 6.07) is 17.8. The highest BCUT2D eigenvalue weighted by atomic mass is 14.0. The summed E-state index contributed by atoms with van der Waals surface area (Å²) >= 11 is 0. The van der Waals surface area contributed by atoms with Crippen molar-refractivity contribution in [3.63, 3.8) is 0 Å². The van der Waals surface area contributed by atoms with Crippen LogP contribution in [0.5, 0.6) is 0 Å². The van der Waals surface area contributed by atoms with Gasteiger partial charge < -0.3 is 0 Å². The molecule has 2 aromatic rings. The Bertz CT molecular complexity index is 476. The van der Waals surface area contributed by atoms with Crippen molar-refractivity contribution in [2.75, 3.05) is 0 Å². The van der Waals surface area contributed by atoms with Gasteiger partial charge in [0.2, 0.25) is 0 Å². The summed E-state index contributed by atoms with van der Waals surface area (Å²) < 4.78 is 0. The van der Waals surface area contributed by atoms with Gasteiger partial charge in [-0.25, -0.2) is 0 Å². The lowest BCUT2D eigenvalue weighted by Gasteiger charge is -2.04. The van der Waals surface area contributed by atoms with Gasteiger partial charge in [-0.05, 0) is 50.7 Å². The monoisotopic (exact) mass is 266 g/mol. The molecule has 0 bridgehead atoms. The van der Waals surface area contributed by atoms with Gasteiger partial charge in [-0.1, -0.05) is 72.5 Å². The molecule has 20 heavy (non-hydrogen) atoms. The van der Waals surface area contributed by atoms with Crippen LogP contribution in [0.2, 0.25) is 0 Å². The summed E-state index contributed by atoms with van der Waals surface area (Å²) in [6.45, 7) is 4.34. The van der Waals surface area contributed by atoms with E-state index in [0.717, 1.165) is 0 Å². The van der Waals surface area contributed by atoms with E-state index >= 15 is 0 Å². The molecule has 0 atom stereocenters. The molecule has 2 aromatic carbocycles. The first-order valence-corrected chi connectivity index (χ1v) is 7.85. The van der Waals surface area contributed by atoms with Crippen LogP contribution < -0.4 is 0 Å². The number of hydrogen-bond donors (Lipinski definition) is 0. The summed E-state index contributed by atoms with van der Waals surface area (Å²) in [4.78, 5) is 0. The van der Waals surface area contributed by atoms with E-state index in [0.29, 0.717) is 0 Å². The quantitative estimate of drug-likeness (QED) is 0.568. The van der Waals surface area contributed by atoms with Gasteiger partial charge in [0.1, 0.15) is 0 Å². The van der Waals surface area contributed by atoms with Crippen LogP contribution in [0.15, 0.2) is 48.5 Å². The second-order valence-corrected chi connectivity index (χ2v) is 5.89. The Balaban J connectivity index is 1.60. The van der Waals surface area contributed by atoms with Gasteiger partial charge in [-0.2, -0.15) is 0 Å². The summed E-state index contributed by atoms with van der Waals surface area (Å²) in [6.07, 6.45) is 7.78. The van der Waals surface area contributed by atoms with Crippen molar-refractivity contribution >= 4 is 0 Å². The molecule has 0 amide bonds. The molecule has 0 heterocycles. The van der Waals surface area contributed by atoms with E-state index in [-0.39, 0.29) is 0 Å². The van der Waals surface area contributed by atoms with Gasteiger partial charge >= 0.3 is 0 Å². The largest absolute Gasteiger partial charge is 0.0617 e. The van der Waals surface area contributed by atoms with E-state index in [1.54, 1.807) is 0 Å². The first-order valence-electron chi connectivity index (χ1n) is 7.85. The molecular formula is C20H26. The highest BCUT2D eigenvalue weighted by molar-refractivity contribution is 5.23. The Kier molecular flexibility index (Phi) is 5.86. The molecule has 0 radical (unpaired) electrons. The fourth-order valence-corrected chi connectivity index (χ4v) is 2.75. The third-order valence-electron chi connectivity index (χ3n) is 3.85. The number of aryl methyl sites for hydroxylation is 4. The number of unbranched alkanes of at least 4 members (excludes halogenated alkanes) is 3. The first-order chi connectivity index (χ1) is 9.74. The second kappa shape index (κ2) is 7.89. The van der Waals surface area contributed by atoms with Gasteiger partial charge in [-0.3, -0.25) is 0 Å². The number of benzene rings is 2. The molecule has 0 aliphatic carbocycles. The summed E-state index contributed by atoms with van der Waals surface area (Å²) in [5.41, 5.74) is 5.73. The zero-order valence-electron chi connectivity index (χ0n) is 12.9. The predicted molar refractivity (Wildman–Crippen MR) is 88.2 cm³/mol. The third kappa shape index (κ3) is 5.21. The third-order valence-corrected chi connectivity index (χ3v) is 3.85. The number of rotatable bonds is 7. The lowest BCUT2D eigenvalue weighted by Crippen LogP contribution is -1.89. The van der Waals surface area contributed by atoms with E-state index in [2.05, 4.69) is 62.4 Å². The molecule has 0 N–H and O–H groups in total. The maximum atomic E-state index is 2.31. The van der Waals surface area contributed by atoms with Crippen molar-refractivity contribution in [3.8, 4) is 0 Å². The molecule has 106 valence electrons. The maximum absolute atomic E-state index is 2.31. The minimum atomic E-state index is 1.23. The van der Waals surface area contributed by atoms with E-state index in [1.807, 2.05) is 0 Å². The molecule has 0 fully saturated rings. The normalized spacial score (nSPS) is 10.7. The van der Waals surface area contributed by atoms with E-state index < -0.39 is 0 Å². The van der Waals surface area contributed by atoms with Crippen molar-refractivity contribution in [2.24, 2.45) is 0 Å². The zero-order chi connectivity index (χ0) is 14.2. The SMILES string of the molecule is Cc1cccc(CCCCCCc2cccc(C)c2)c1. The maximum Gasteiger partial charge on any atom is -0.0279 e. The van der Waals surface area contributed by atoms with Gasteiger partial charge in [-0.15, -0.1) is 0 Å². The van der Waals surface area contributed by atoms with E-state index in [9.17, 15) is 0 Å². The van der Waals surface area contributed by atoms with Crippen molar-refractivity contribution in [1.29, 1.82) is 0 Å². The fraction of sp³-hybridized carbons (Fsp3) is 0.400. The molecule has 0 aliphatic rings. The molecule has 0 unspecified atom stereocenters. The van der Waals surface area contributed by atoms with Crippen molar-refractivity contribution < 1.29 is 0 Å². The van der Waals surface area contributed by atoms with Crippen LogP contribution in [0.25, 0.3) is 0 Å². The first kappa shape index (κ1) is 14.8. The second-order valence-electron chi connectivity index (χ2n) is 5.89. The van der Waals surface area contributed by atoms with Crippen LogP contribution in [-0.2, 0) is 12.8 Å². The smallest absolute Gasteiger partial charge is 0.0279 e. The predicted octanol–water partition coefficient (Wildman–Crippen LogP) is 5.65. The lowest BCUT2D eigenvalue weighted by atomic mass is 10.0. The van der Waals surface area contributed by atoms with Crippen LogP contribution in [0, 0.1) is 13.8 Å². The van der Waals surface area contributed by atoms with Crippen molar-refractivity contribution in [1.82, 2.24) is 0 Å². The topological polar surface area (TPSA) is 0 Å². The summed E-state index contributed by atoms with van der Waals surface area (Å²) in [5, 5.41) is 0. The molecule has 0 saturated carbocycles. The highest BCUT2D eigenvalue weighted by Crippen LogP contribution is 2.12. The van der Waals surface area contributed by atoms with Crippen LogP contribution in [0.3, 0.4) is 0 Å². The highest BCUT2D eigenvalue weighted by Gasteiger charge is 1.96. The Labute approximate surface area is 123 Å². The average Bonchev–Trinajstić information content (AvgIpc) is 2.43. The van der Waals surface area contributed by atoms with Gasteiger partial charge in [0.25, 0.3) is 0 Å². The standard InChI is InChI=1S/C20H26/c1-17-9-7-13-19(15-17)11-5-3-4-6-12-20-14-8-10-18(2)16-20/h7-10,13-16H,3-6,11-12H2,1-2H3. The summed E-state index contributed by atoms with van der Waals surface area (Å²) in [5.74, 6) is 0. The number of hydrogen-bond acceptors (Lipinski definition) is 0. The Morgan fingerprint density at radius 1 is 0.600 bits per heavy atom. The Morgan fingerprint density at radius 2 is 1.05 bits per heavy atom. The van der Waals surface area contributed by atoms with Gasteiger partial charge in [0.05, 0.1) is 0 Å².